The van der Waals surface area contributed by atoms with Crippen LogP contribution in [0.3, 0.4) is 0 Å². The van der Waals surface area contributed by atoms with E-state index in [2.05, 4.69) is 11.7 Å². The zero-order chi connectivity index (χ0) is 10.7. The van der Waals surface area contributed by atoms with E-state index in [4.69, 9.17) is 4.84 Å². The van der Waals surface area contributed by atoms with Gasteiger partial charge < -0.3 is 0 Å². The van der Waals surface area contributed by atoms with Crippen LogP contribution in [-0.2, 0) is 11.9 Å². The average Bonchev–Trinajstić information content (AvgIpc) is 2.57. The van der Waals surface area contributed by atoms with Crippen LogP contribution < -0.4 is 0 Å². The predicted molar refractivity (Wildman–Crippen MR) is 52.4 cm³/mol. The summed E-state index contributed by atoms with van der Waals surface area (Å²) in [4.78, 5) is 16.5. The molecule has 5 nitrogen and oxygen atoms in total. The Labute approximate surface area is 82.5 Å². The SMILES string of the molecule is C=Cc1nn(C)cc1C(=O)N(C)OC. The van der Waals surface area contributed by atoms with Crippen LogP contribution in [-0.4, -0.2) is 34.9 Å². The number of aromatic nitrogens is 2. The molecule has 1 amide bonds. The standard InChI is InChI=1S/C9H13N3O2/c1-5-8-7(6-11(2)10-8)9(13)12(3)14-4/h5-6H,1H2,2-4H3. The van der Waals surface area contributed by atoms with Gasteiger partial charge in [0.15, 0.2) is 0 Å². The molecule has 0 spiro atoms. The molecule has 1 aromatic heterocycles. The molecule has 1 aromatic rings. The molecule has 5 heteroatoms. The number of hydroxylamine groups is 2. The topological polar surface area (TPSA) is 47.4 Å². The van der Waals surface area contributed by atoms with Gasteiger partial charge in [-0.15, -0.1) is 0 Å². The lowest BCUT2D eigenvalue weighted by Gasteiger charge is -2.12. The smallest absolute Gasteiger partial charge is 0.274 e. The molecule has 0 fully saturated rings. The third-order valence-corrected chi connectivity index (χ3v) is 1.84. The van der Waals surface area contributed by atoms with Crippen molar-refractivity contribution in [2.75, 3.05) is 14.2 Å². The number of aryl methyl sites for hydroxylation is 1. The Hall–Kier alpha value is -1.62. The Balaban J connectivity index is 3.05. The summed E-state index contributed by atoms with van der Waals surface area (Å²) in [5.74, 6) is -0.240. The lowest BCUT2D eigenvalue weighted by atomic mass is 10.2. The fraction of sp³-hybridized carbons (Fsp3) is 0.333. The van der Waals surface area contributed by atoms with E-state index in [1.54, 1.807) is 25.0 Å². The van der Waals surface area contributed by atoms with Gasteiger partial charge in [0.2, 0.25) is 0 Å². The summed E-state index contributed by atoms with van der Waals surface area (Å²) in [6, 6.07) is 0. The highest BCUT2D eigenvalue weighted by Crippen LogP contribution is 2.10. The summed E-state index contributed by atoms with van der Waals surface area (Å²) >= 11 is 0. The van der Waals surface area contributed by atoms with Crippen molar-refractivity contribution in [2.45, 2.75) is 0 Å². The number of nitrogens with zero attached hydrogens (tertiary/aromatic N) is 3. The van der Waals surface area contributed by atoms with E-state index in [1.165, 1.54) is 13.2 Å². The number of carbonyl (C=O) groups excluding carboxylic acids is 1. The second-order valence-corrected chi connectivity index (χ2v) is 2.79. The van der Waals surface area contributed by atoms with Crippen LogP contribution in [0.5, 0.6) is 0 Å². The first-order chi connectivity index (χ1) is 6.60. The minimum Gasteiger partial charge on any atom is -0.274 e. The highest BCUT2D eigenvalue weighted by molar-refractivity contribution is 5.96. The Bertz CT molecular complexity index is 357. The number of rotatable bonds is 3. The van der Waals surface area contributed by atoms with Crippen LogP contribution >= 0.6 is 0 Å². The zero-order valence-electron chi connectivity index (χ0n) is 8.52. The summed E-state index contributed by atoms with van der Waals surface area (Å²) in [5.41, 5.74) is 1.04. The molecular formula is C9H13N3O2. The maximum atomic E-state index is 11.7. The van der Waals surface area contributed by atoms with Crippen molar-refractivity contribution in [3.63, 3.8) is 0 Å². The molecule has 0 aliphatic carbocycles. The van der Waals surface area contributed by atoms with Crippen molar-refractivity contribution in [3.05, 3.63) is 24.0 Å². The molecule has 0 radical (unpaired) electrons. The van der Waals surface area contributed by atoms with Gasteiger partial charge in [0, 0.05) is 20.3 Å². The molecule has 0 saturated heterocycles. The lowest BCUT2D eigenvalue weighted by Crippen LogP contribution is -2.25. The second kappa shape index (κ2) is 4.06. The van der Waals surface area contributed by atoms with Crippen LogP contribution in [0.25, 0.3) is 6.08 Å². The Morgan fingerprint density at radius 1 is 1.79 bits per heavy atom. The zero-order valence-corrected chi connectivity index (χ0v) is 8.52. The normalized spacial score (nSPS) is 9.93. The first kappa shape index (κ1) is 10.5. The minimum absolute atomic E-state index is 0.240. The van der Waals surface area contributed by atoms with Crippen molar-refractivity contribution in [3.8, 4) is 0 Å². The van der Waals surface area contributed by atoms with Gasteiger partial charge in [0.05, 0.1) is 18.4 Å². The molecule has 0 N–H and O–H groups in total. The van der Waals surface area contributed by atoms with Gasteiger partial charge in [-0.25, -0.2) is 5.06 Å². The van der Waals surface area contributed by atoms with E-state index in [-0.39, 0.29) is 5.91 Å². The van der Waals surface area contributed by atoms with Crippen molar-refractivity contribution in [1.29, 1.82) is 0 Å². The second-order valence-electron chi connectivity index (χ2n) is 2.79. The van der Waals surface area contributed by atoms with E-state index >= 15 is 0 Å². The molecule has 0 aliphatic heterocycles. The quantitative estimate of drug-likeness (QED) is 0.667. The van der Waals surface area contributed by atoms with Gasteiger partial charge in [-0.2, -0.15) is 5.10 Å². The van der Waals surface area contributed by atoms with E-state index in [9.17, 15) is 4.79 Å². The Morgan fingerprint density at radius 2 is 2.43 bits per heavy atom. The van der Waals surface area contributed by atoms with Gasteiger partial charge in [-0.05, 0) is 6.08 Å². The Kier molecular flexibility index (Phi) is 3.03. The van der Waals surface area contributed by atoms with Crippen LogP contribution in [0.1, 0.15) is 16.1 Å². The van der Waals surface area contributed by atoms with Crippen molar-refractivity contribution < 1.29 is 9.63 Å². The third kappa shape index (κ3) is 1.82. The molecule has 0 bridgehead atoms. The summed E-state index contributed by atoms with van der Waals surface area (Å²) < 4.78 is 1.56. The molecule has 0 aliphatic rings. The highest BCUT2D eigenvalue weighted by atomic mass is 16.7. The molecule has 1 heterocycles. The Morgan fingerprint density at radius 3 is 2.93 bits per heavy atom. The van der Waals surface area contributed by atoms with E-state index in [0.29, 0.717) is 11.3 Å². The number of amides is 1. The molecular weight excluding hydrogens is 182 g/mol. The largest absolute Gasteiger partial charge is 0.280 e. The van der Waals surface area contributed by atoms with Crippen molar-refractivity contribution in [1.82, 2.24) is 14.8 Å². The first-order valence-corrected chi connectivity index (χ1v) is 4.08. The number of carbonyl (C=O) groups is 1. The first-order valence-electron chi connectivity index (χ1n) is 4.08. The maximum Gasteiger partial charge on any atom is 0.280 e. The van der Waals surface area contributed by atoms with Crippen molar-refractivity contribution >= 4 is 12.0 Å². The number of hydrogen-bond acceptors (Lipinski definition) is 3. The molecule has 0 saturated carbocycles. The third-order valence-electron chi connectivity index (χ3n) is 1.84. The summed E-state index contributed by atoms with van der Waals surface area (Å²) in [6.07, 6.45) is 3.17. The minimum atomic E-state index is -0.240. The summed E-state index contributed by atoms with van der Waals surface area (Å²) in [5, 5.41) is 5.21. The van der Waals surface area contributed by atoms with Gasteiger partial charge in [-0.1, -0.05) is 6.58 Å². The molecule has 1 rings (SSSR count). The van der Waals surface area contributed by atoms with Crippen LogP contribution in [0, 0.1) is 0 Å². The molecule has 14 heavy (non-hydrogen) atoms. The van der Waals surface area contributed by atoms with Gasteiger partial charge in [0.1, 0.15) is 0 Å². The van der Waals surface area contributed by atoms with Gasteiger partial charge in [0.25, 0.3) is 5.91 Å². The van der Waals surface area contributed by atoms with Crippen LogP contribution in [0.15, 0.2) is 12.8 Å². The average molecular weight is 195 g/mol. The number of hydrogen-bond donors (Lipinski definition) is 0. The molecule has 0 aromatic carbocycles. The fourth-order valence-corrected chi connectivity index (χ4v) is 1.07. The lowest BCUT2D eigenvalue weighted by molar-refractivity contribution is -0.0757. The maximum absolute atomic E-state index is 11.7. The molecule has 0 atom stereocenters. The van der Waals surface area contributed by atoms with Gasteiger partial charge in [-0.3, -0.25) is 14.3 Å². The van der Waals surface area contributed by atoms with Gasteiger partial charge >= 0.3 is 0 Å². The van der Waals surface area contributed by atoms with E-state index in [0.717, 1.165) is 5.06 Å². The highest BCUT2D eigenvalue weighted by Gasteiger charge is 2.17. The van der Waals surface area contributed by atoms with Crippen LogP contribution in [0.4, 0.5) is 0 Å². The monoisotopic (exact) mass is 195 g/mol. The van der Waals surface area contributed by atoms with Crippen LogP contribution in [0.2, 0.25) is 0 Å². The summed E-state index contributed by atoms with van der Waals surface area (Å²) in [6.45, 7) is 3.59. The predicted octanol–water partition coefficient (Wildman–Crippen LogP) is 0.697. The fourth-order valence-electron chi connectivity index (χ4n) is 1.07. The summed E-state index contributed by atoms with van der Waals surface area (Å²) in [7, 11) is 4.72. The van der Waals surface area contributed by atoms with E-state index < -0.39 is 0 Å². The molecule has 0 unspecified atom stereocenters. The van der Waals surface area contributed by atoms with Crippen molar-refractivity contribution in [2.24, 2.45) is 7.05 Å². The molecule has 76 valence electrons. The van der Waals surface area contributed by atoms with E-state index in [1.807, 2.05) is 0 Å².